The number of aryl methyl sites for hydroxylation is 4. The number of fused-ring (bicyclic) bond motifs is 1. The summed E-state index contributed by atoms with van der Waals surface area (Å²) >= 11 is 0. The molecule has 2 heterocycles. The smallest absolute Gasteiger partial charge is 0.140 e. The highest BCUT2D eigenvalue weighted by Crippen LogP contribution is 2.41. The topological polar surface area (TPSA) is 29.0 Å². The Morgan fingerprint density at radius 1 is 1.10 bits per heavy atom. The third-order valence-electron chi connectivity index (χ3n) is 4.06. The van der Waals surface area contributed by atoms with Crippen molar-refractivity contribution in [3.05, 3.63) is 46.4 Å². The summed E-state index contributed by atoms with van der Waals surface area (Å²) < 4.78 is 0. The van der Waals surface area contributed by atoms with Crippen LogP contribution in [0, 0.1) is 27.7 Å². The van der Waals surface area contributed by atoms with E-state index in [1.807, 2.05) is 13.1 Å². The van der Waals surface area contributed by atoms with E-state index in [2.05, 4.69) is 54.7 Å². The first-order valence-electron chi connectivity index (χ1n) is 7.16. The molecule has 0 radical (unpaired) electrons. The zero-order valence-corrected chi connectivity index (χ0v) is 12.9. The quantitative estimate of drug-likeness (QED) is 0.783. The van der Waals surface area contributed by atoms with Gasteiger partial charge in [0.1, 0.15) is 11.6 Å². The van der Waals surface area contributed by atoms with Crippen LogP contribution in [0.25, 0.3) is 0 Å². The highest BCUT2D eigenvalue weighted by molar-refractivity contribution is 5.72. The molecular weight excluding hydrogens is 246 g/mol. The minimum atomic E-state index is 0.478. The van der Waals surface area contributed by atoms with Crippen molar-refractivity contribution in [1.82, 2.24) is 9.97 Å². The molecule has 0 fully saturated rings. The average Bonchev–Trinajstić information content (AvgIpc) is 2.65. The van der Waals surface area contributed by atoms with Gasteiger partial charge in [-0.15, -0.1) is 0 Å². The van der Waals surface area contributed by atoms with Crippen LogP contribution < -0.4 is 4.90 Å². The molecule has 0 spiro atoms. The largest absolute Gasteiger partial charge is 0.325 e. The molecule has 1 aliphatic rings. The van der Waals surface area contributed by atoms with Crippen molar-refractivity contribution in [2.24, 2.45) is 0 Å². The molecule has 3 heteroatoms. The Balaban J connectivity index is 2.17. The third-order valence-corrected chi connectivity index (χ3v) is 4.06. The summed E-state index contributed by atoms with van der Waals surface area (Å²) in [6, 6.07) is 4.50. The SMILES string of the molecule is Cc1cc(C)c(N2CC(C)c3cnc(C)nc32)c(C)c1. The van der Waals surface area contributed by atoms with Gasteiger partial charge in [0.05, 0.1) is 0 Å². The van der Waals surface area contributed by atoms with Crippen molar-refractivity contribution in [2.75, 3.05) is 11.4 Å². The highest BCUT2D eigenvalue weighted by atomic mass is 15.2. The molecule has 3 nitrogen and oxygen atoms in total. The van der Waals surface area contributed by atoms with E-state index in [-0.39, 0.29) is 0 Å². The Morgan fingerprint density at radius 3 is 2.40 bits per heavy atom. The van der Waals surface area contributed by atoms with Crippen LogP contribution in [0.4, 0.5) is 11.5 Å². The van der Waals surface area contributed by atoms with Crippen molar-refractivity contribution in [3.63, 3.8) is 0 Å². The third kappa shape index (κ3) is 1.98. The van der Waals surface area contributed by atoms with Gasteiger partial charge >= 0.3 is 0 Å². The maximum Gasteiger partial charge on any atom is 0.140 e. The number of nitrogens with zero attached hydrogens (tertiary/aromatic N) is 3. The molecule has 1 atom stereocenters. The van der Waals surface area contributed by atoms with Gasteiger partial charge in [-0.25, -0.2) is 9.97 Å². The fourth-order valence-corrected chi connectivity index (χ4v) is 3.29. The summed E-state index contributed by atoms with van der Waals surface area (Å²) in [6.45, 7) is 11.7. The molecule has 1 aromatic carbocycles. The Labute approximate surface area is 120 Å². The van der Waals surface area contributed by atoms with E-state index in [4.69, 9.17) is 0 Å². The van der Waals surface area contributed by atoms with Crippen molar-refractivity contribution in [2.45, 2.75) is 40.5 Å². The first-order valence-corrected chi connectivity index (χ1v) is 7.16. The normalized spacial score (nSPS) is 17.4. The molecule has 20 heavy (non-hydrogen) atoms. The Bertz CT molecular complexity index is 653. The summed E-state index contributed by atoms with van der Waals surface area (Å²) in [7, 11) is 0. The Morgan fingerprint density at radius 2 is 1.75 bits per heavy atom. The average molecular weight is 267 g/mol. The van der Waals surface area contributed by atoms with Crippen LogP contribution in [-0.4, -0.2) is 16.5 Å². The zero-order chi connectivity index (χ0) is 14.4. The molecule has 1 aromatic heterocycles. The Kier molecular flexibility index (Phi) is 3.00. The fourth-order valence-electron chi connectivity index (χ4n) is 3.29. The van der Waals surface area contributed by atoms with Gasteiger partial charge < -0.3 is 4.90 Å². The van der Waals surface area contributed by atoms with Crippen LogP contribution >= 0.6 is 0 Å². The van der Waals surface area contributed by atoms with Crippen molar-refractivity contribution in [1.29, 1.82) is 0 Å². The van der Waals surface area contributed by atoms with Gasteiger partial charge in [-0.3, -0.25) is 0 Å². The van der Waals surface area contributed by atoms with E-state index in [9.17, 15) is 0 Å². The van der Waals surface area contributed by atoms with Gasteiger partial charge in [0.25, 0.3) is 0 Å². The van der Waals surface area contributed by atoms with Crippen LogP contribution in [0.5, 0.6) is 0 Å². The van der Waals surface area contributed by atoms with Crippen LogP contribution in [0.1, 0.15) is 40.9 Å². The van der Waals surface area contributed by atoms with Crippen molar-refractivity contribution < 1.29 is 0 Å². The highest BCUT2D eigenvalue weighted by Gasteiger charge is 2.30. The van der Waals surface area contributed by atoms with Gasteiger partial charge in [-0.1, -0.05) is 24.6 Å². The van der Waals surface area contributed by atoms with Crippen molar-refractivity contribution >= 4 is 11.5 Å². The molecule has 0 saturated carbocycles. The molecule has 0 saturated heterocycles. The lowest BCUT2D eigenvalue weighted by Crippen LogP contribution is -2.18. The number of anilines is 2. The van der Waals surface area contributed by atoms with Gasteiger partial charge in [-0.2, -0.15) is 0 Å². The van der Waals surface area contributed by atoms with Crippen LogP contribution in [0.2, 0.25) is 0 Å². The molecule has 0 amide bonds. The fraction of sp³-hybridized carbons (Fsp3) is 0.412. The van der Waals surface area contributed by atoms with Gasteiger partial charge in [0, 0.05) is 29.9 Å². The standard InChI is InChI=1S/C17H21N3/c1-10-6-11(2)16(12(3)7-10)20-9-13(4)15-8-18-14(5)19-17(15)20/h6-8,13H,9H2,1-5H3. The summed E-state index contributed by atoms with van der Waals surface area (Å²) in [6.07, 6.45) is 1.99. The number of hydrogen-bond acceptors (Lipinski definition) is 3. The molecule has 3 rings (SSSR count). The van der Waals surface area contributed by atoms with E-state index in [1.54, 1.807) is 0 Å². The van der Waals surface area contributed by atoms with Crippen LogP contribution in [-0.2, 0) is 0 Å². The van der Waals surface area contributed by atoms with E-state index < -0.39 is 0 Å². The summed E-state index contributed by atoms with van der Waals surface area (Å²) in [5, 5.41) is 0. The minimum Gasteiger partial charge on any atom is -0.325 e. The van der Waals surface area contributed by atoms with E-state index in [0.29, 0.717) is 5.92 Å². The summed E-state index contributed by atoms with van der Waals surface area (Å²) in [5.41, 5.74) is 6.52. The second-order valence-corrected chi connectivity index (χ2v) is 5.96. The number of rotatable bonds is 1. The van der Waals surface area contributed by atoms with Crippen LogP contribution in [0.3, 0.4) is 0 Å². The molecule has 0 N–H and O–H groups in total. The number of benzene rings is 1. The van der Waals surface area contributed by atoms with Crippen molar-refractivity contribution in [3.8, 4) is 0 Å². The predicted molar refractivity (Wildman–Crippen MR) is 82.8 cm³/mol. The number of hydrogen-bond donors (Lipinski definition) is 0. The maximum absolute atomic E-state index is 4.68. The van der Waals surface area contributed by atoms with E-state index in [1.165, 1.54) is 27.9 Å². The minimum absolute atomic E-state index is 0.478. The monoisotopic (exact) mass is 267 g/mol. The first kappa shape index (κ1) is 13.1. The molecule has 1 aliphatic heterocycles. The number of aromatic nitrogens is 2. The van der Waals surface area contributed by atoms with E-state index in [0.717, 1.165) is 18.2 Å². The van der Waals surface area contributed by atoms with Gasteiger partial charge in [0.15, 0.2) is 0 Å². The second kappa shape index (κ2) is 4.58. The molecule has 0 bridgehead atoms. The summed E-state index contributed by atoms with van der Waals surface area (Å²) in [5.74, 6) is 2.40. The maximum atomic E-state index is 4.68. The lowest BCUT2D eigenvalue weighted by atomic mass is 10.0. The first-order chi connectivity index (χ1) is 9.47. The van der Waals surface area contributed by atoms with Gasteiger partial charge in [-0.05, 0) is 38.8 Å². The van der Waals surface area contributed by atoms with E-state index >= 15 is 0 Å². The second-order valence-electron chi connectivity index (χ2n) is 5.96. The molecule has 1 unspecified atom stereocenters. The van der Waals surface area contributed by atoms with Gasteiger partial charge in [0.2, 0.25) is 0 Å². The molecule has 0 aliphatic carbocycles. The lowest BCUT2D eigenvalue weighted by Gasteiger charge is -2.24. The zero-order valence-electron chi connectivity index (χ0n) is 12.9. The molecular formula is C17H21N3. The molecule has 2 aromatic rings. The summed E-state index contributed by atoms with van der Waals surface area (Å²) in [4.78, 5) is 11.4. The molecule has 104 valence electrons. The van der Waals surface area contributed by atoms with Crippen LogP contribution in [0.15, 0.2) is 18.3 Å². The Hall–Kier alpha value is -1.90. The lowest BCUT2D eigenvalue weighted by molar-refractivity contribution is 0.808. The predicted octanol–water partition coefficient (Wildman–Crippen LogP) is 3.97.